The van der Waals surface area contributed by atoms with E-state index in [1.165, 1.54) is 19.0 Å². The molecule has 0 unspecified atom stereocenters. The Kier molecular flexibility index (Phi) is 4.56. The fourth-order valence-electron chi connectivity index (χ4n) is 1.81. The van der Waals surface area contributed by atoms with Gasteiger partial charge in [-0.05, 0) is 24.3 Å². The number of benzene rings is 1. The highest BCUT2D eigenvalue weighted by Gasteiger charge is 2.31. The van der Waals surface area contributed by atoms with Crippen molar-refractivity contribution < 1.29 is 26.4 Å². The van der Waals surface area contributed by atoms with Gasteiger partial charge in [0.05, 0.1) is 11.1 Å². The summed E-state index contributed by atoms with van der Waals surface area (Å²) in [6, 6.07) is 3.43. The summed E-state index contributed by atoms with van der Waals surface area (Å²) in [4.78, 5) is 13.1. The van der Waals surface area contributed by atoms with Gasteiger partial charge >= 0.3 is 6.18 Å². The Morgan fingerprint density at radius 3 is 2.29 bits per heavy atom. The van der Waals surface area contributed by atoms with Gasteiger partial charge in [0.15, 0.2) is 0 Å². The molecule has 0 atom stereocenters. The highest BCUT2D eigenvalue weighted by atomic mass is 32.2. The topological polar surface area (TPSA) is 95.2 Å². The van der Waals surface area contributed by atoms with E-state index in [0.29, 0.717) is 0 Å². The van der Waals surface area contributed by atoms with Crippen molar-refractivity contribution in [3.8, 4) is 0 Å². The quantitative estimate of drug-likeness (QED) is 0.869. The third-order valence-corrected chi connectivity index (χ3v) is 4.29. The van der Waals surface area contributed by atoms with Crippen LogP contribution < -0.4 is 4.72 Å². The lowest BCUT2D eigenvalue weighted by Gasteiger charge is -2.12. The van der Waals surface area contributed by atoms with Crippen molar-refractivity contribution in [1.82, 2.24) is 15.1 Å². The summed E-state index contributed by atoms with van der Waals surface area (Å²) >= 11 is 0. The number of sulfonamides is 1. The Morgan fingerprint density at radius 1 is 1.21 bits per heavy atom. The van der Waals surface area contributed by atoms with Crippen molar-refractivity contribution in [2.45, 2.75) is 11.2 Å². The summed E-state index contributed by atoms with van der Waals surface area (Å²) in [5.41, 5.74) is -1.18. The zero-order chi connectivity index (χ0) is 18.1. The molecular weight excluding hydrogens is 349 g/mol. The number of nitrogens with zero attached hydrogens (tertiary/aromatic N) is 2. The number of halogens is 3. The second-order valence-electron chi connectivity index (χ2n) is 4.98. The minimum atomic E-state index is -4.52. The van der Waals surface area contributed by atoms with E-state index < -0.39 is 32.7 Å². The standard InChI is InChI=1S/C13H13F3N4O3S/c1-20(2)12(21)10-7-17-18-11(10)24(22,23)19-9-5-3-8(4-6-9)13(14,15)16/h3-7,19H,1-2H3,(H,17,18). The molecule has 0 spiro atoms. The Balaban J connectivity index is 2.30. The van der Waals surface area contributed by atoms with Crippen LogP contribution in [0.3, 0.4) is 0 Å². The molecule has 0 saturated heterocycles. The zero-order valence-electron chi connectivity index (χ0n) is 12.5. The van der Waals surface area contributed by atoms with E-state index in [4.69, 9.17) is 0 Å². The van der Waals surface area contributed by atoms with Crippen LogP contribution in [-0.4, -0.2) is 43.5 Å². The number of H-pyrrole nitrogens is 1. The molecule has 2 N–H and O–H groups in total. The van der Waals surface area contributed by atoms with Gasteiger partial charge < -0.3 is 4.90 Å². The average molecular weight is 362 g/mol. The molecule has 1 aromatic heterocycles. The largest absolute Gasteiger partial charge is 0.416 e. The van der Waals surface area contributed by atoms with Crippen molar-refractivity contribution in [3.05, 3.63) is 41.6 Å². The summed E-state index contributed by atoms with van der Waals surface area (Å²) in [6.07, 6.45) is -3.39. The average Bonchev–Trinajstić information content (AvgIpc) is 2.95. The summed E-state index contributed by atoms with van der Waals surface area (Å²) in [7, 11) is -1.37. The van der Waals surface area contributed by atoms with Crippen LogP contribution in [0.5, 0.6) is 0 Å². The molecule has 7 nitrogen and oxygen atoms in total. The van der Waals surface area contributed by atoms with Gasteiger partial charge in [0, 0.05) is 26.0 Å². The Bertz CT molecular complexity index is 842. The van der Waals surface area contributed by atoms with Gasteiger partial charge in [0.25, 0.3) is 15.9 Å². The van der Waals surface area contributed by atoms with Gasteiger partial charge in [-0.3, -0.25) is 14.6 Å². The molecule has 0 aliphatic heterocycles. The smallest absolute Gasteiger partial charge is 0.345 e. The van der Waals surface area contributed by atoms with Gasteiger partial charge in [-0.1, -0.05) is 0 Å². The Hall–Kier alpha value is -2.56. The predicted octanol–water partition coefficient (Wildman–Crippen LogP) is 1.93. The highest BCUT2D eigenvalue weighted by Crippen LogP contribution is 2.30. The minimum Gasteiger partial charge on any atom is -0.345 e. The lowest BCUT2D eigenvalue weighted by Crippen LogP contribution is -2.24. The normalized spacial score (nSPS) is 12.0. The van der Waals surface area contributed by atoms with Crippen molar-refractivity contribution in [1.29, 1.82) is 0 Å². The van der Waals surface area contributed by atoms with Crippen LogP contribution in [0.15, 0.2) is 35.5 Å². The number of alkyl halides is 3. The van der Waals surface area contributed by atoms with Crippen LogP contribution >= 0.6 is 0 Å². The number of hydrogen-bond donors (Lipinski definition) is 2. The lowest BCUT2D eigenvalue weighted by molar-refractivity contribution is -0.137. The van der Waals surface area contributed by atoms with Crippen molar-refractivity contribution in [2.75, 3.05) is 18.8 Å². The number of carbonyl (C=O) groups excluding carboxylic acids is 1. The molecule has 0 radical (unpaired) electrons. The number of aromatic nitrogens is 2. The van der Waals surface area contributed by atoms with E-state index >= 15 is 0 Å². The van der Waals surface area contributed by atoms with Crippen molar-refractivity contribution in [3.63, 3.8) is 0 Å². The first-order valence-electron chi connectivity index (χ1n) is 6.48. The molecule has 0 aliphatic rings. The van der Waals surface area contributed by atoms with E-state index in [1.807, 2.05) is 0 Å². The maximum absolute atomic E-state index is 12.5. The first kappa shape index (κ1) is 17.8. The summed E-state index contributed by atoms with van der Waals surface area (Å²) in [5.74, 6) is -0.587. The summed E-state index contributed by atoms with van der Waals surface area (Å²) < 4.78 is 64.2. The van der Waals surface area contributed by atoms with E-state index in [9.17, 15) is 26.4 Å². The first-order valence-corrected chi connectivity index (χ1v) is 7.96. The first-order chi connectivity index (χ1) is 11.0. The lowest BCUT2D eigenvalue weighted by atomic mass is 10.2. The van der Waals surface area contributed by atoms with Crippen LogP contribution in [0.4, 0.5) is 18.9 Å². The van der Waals surface area contributed by atoms with Crippen molar-refractivity contribution >= 4 is 21.6 Å². The molecule has 1 aromatic carbocycles. The molecule has 1 heterocycles. The maximum atomic E-state index is 12.5. The SMILES string of the molecule is CN(C)C(=O)c1c[nH]nc1S(=O)(=O)Nc1ccc(C(F)(F)F)cc1. The van der Waals surface area contributed by atoms with Crippen LogP contribution in [0, 0.1) is 0 Å². The van der Waals surface area contributed by atoms with Gasteiger partial charge in [-0.2, -0.15) is 26.7 Å². The van der Waals surface area contributed by atoms with Gasteiger partial charge in [0.2, 0.25) is 5.03 Å². The monoisotopic (exact) mass is 362 g/mol. The number of anilines is 1. The second-order valence-corrected chi connectivity index (χ2v) is 6.58. The molecule has 24 heavy (non-hydrogen) atoms. The predicted molar refractivity (Wildman–Crippen MR) is 78.9 cm³/mol. The van der Waals surface area contributed by atoms with Crippen LogP contribution in [-0.2, 0) is 16.2 Å². The van der Waals surface area contributed by atoms with Crippen LogP contribution in [0.25, 0.3) is 0 Å². The van der Waals surface area contributed by atoms with E-state index in [0.717, 1.165) is 30.5 Å². The molecule has 0 saturated carbocycles. The minimum absolute atomic E-state index is 0.0887. The molecular formula is C13H13F3N4O3S. The van der Waals surface area contributed by atoms with Crippen molar-refractivity contribution in [2.24, 2.45) is 0 Å². The molecule has 2 rings (SSSR count). The van der Waals surface area contributed by atoms with E-state index in [-0.39, 0.29) is 11.3 Å². The van der Waals surface area contributed by atoms with Crippen LogP contribution in [0.2, 0.25) is 0 Å². The molecule has 1 amide bonds. The molecule has 130 valence electrons. The number of rotatable bonds is 4. The molecule has 11 heteroatoms. The van der Waals surface area contributed by atoms with Gasteiger partial charge in [-0.25, -0.2) is 0 Å². The third kappa shape index (κ3) is 3.67. The summed E-state index contributed by atoms with van der Waals surface area (Å²) in [5, 5.41) is 5.29. The molecule has 2 aromatic rings. The molecule has 0 fully saturated rings. The fraction of sp³-hybridized carbons (Fsp3) is 0.231. The number of aromatic amines is 1. The molecule has 0 bridgehead atoms. The Morgan fingerprint density at radius 2 is 1.79 bits per heavy atom. The number of carbonyl (C=O) groups is 1. The van der Waals surface area contributed by atoms with Gasteiger partial charge in [-0.15, -0.1) is 0 Å². The Labute approximate surface area is 135 Å². The van der Waals surface area contributed by atoms with Gasteiger partial charge in [0.1, 0.15) is 0 Å². The molecule has 0 aliphatic carbocycles. The van der Waals surface area contributed by atoms with Crippen LogP contribution in [0.1, 0.15) is 15.9 Å². The third-order valence-electron chi connectivity index (χ3n) is 2.96. The number of nitrogens with one attached hydrogen (secondary N) is 2. The summed E-state index contributed by atoms with van der Waals surface area (Å²) in [6.45, 7) is 0. The highest BCUT2D eigenvalue weighted by molar-refractivity contribution is 7.92. The second kappa shape index (κ2) is 6.15. The number of hydrogen-bond acceptors (Lipinski definition) is 4. The number of amides is 1. The zero-order valence-corrected chi connectivity index (χ0v) is 13.4. The fourth-order valence-corrected chi connectivity index (χ4v) is 2.96. The maximum Gasteiger partial charge on any atom is 0.416 e. The van der Waals surface area contributed by atoms with E-state index in [2.05, 4.69) is 14.9 Å². The van der Waals surface area contributed by atoms with E-state index in [1.54, 1.807) is 0 Å².